The first-order chi connectivity index (χ1) is 14.0. The zero-order valence-corrected chi connectivity index (χ0v) is 16.7. The molecule has 7 nitrogen and oxygen atoms in total. The molecule has 3 rings (SSSR count). The minimum atomic E-state index is -1.07. The first-order valence-electron chi connectivity index (χ1n) is 9.18. The molecule has 0 fully saturated rings. The first kappa shape index (κ1) is 20.5. The lowest BCUT2D eigenvalue weighted by Crippen LogP contribution is -2.44. The average Bonchev–Trinajstić information content (AvgIpc) is 3.14. The number of esters is 1. The Hall–Kier alpha value is -3.26. The topological polar surface area (TPSA) is 97.4 Å². The van der Waals surface area contributed by atoms with Gasteiger partial charge in [0.2, 0.25) is 0 Å². The second-order valence-corrected chi connectivity index (χ2v) is 7.48. The molecule has 0 spiro atoms. The number of hydrogen-bond acceptors (Lipinski definition) is 6. The van der Waals surface area contributed by atoms with Gasteiger partial charge in [0.15, 0.2) is 6.10 Å². The van der Waals surface area contributed by atoms with Crippen molar-refractivity contribution in [2.45, 2.75) is 32.4 Å². The molecule has 0 aliphatic heterocycles. The van der Waals surface area contributed by atoms with Gasteiger partial charge in [-0.2, -0.15) is 0 Å². The molecule has 1 atom stereocenters. The van der Waals surface area contributed by atoms with E-state index in [-0.39, 0.29) is 13.0 Å². The summed E-state index contributed by atoms with van der Waals surface area (Å²) in [6.07, 6.45) is -0.526. The monoisotopic (exact) mass is 411 g/mol. The van der Waals surface area contributed by atoms with Crippen molar-refractivity contribution in [2.75, 3.05) is 0 Å². The number of ether oxygens (including phenoxy) is 1. The van der Waals surface area contributed by atoms with E-state index in [9.17, 15) is 14.4 Å². The maximum atomic E-state index is 12.0. The van der Waals surface area contributed by atoms with Crippen molar-refractivity contribution in [1.29, 1.82) is 0 Å². The maximum absolute atomic E-state index is 12.0. The maximum Gasteiger partial charge on any atom is 0.321 e. The van der Waals surface area contributed by atoms with Gasteiger partial charge in [-0.3, -0.25) is 14.9 Å². The molecule has 1 aromatic heterocycles. The smallest absolute Gasteiger partial charge is 0.321 e. The van der Waals surface area contributed by atoms with Crippen molar-refractivity contribution in [3.63, 3.8) is 0 Å². The van der Waals surface area contributed by atoms with Crippen LogP contribution in [0.25, 0.3) is 10.2 Å². The lowest BCUT2D eigenvalue weighted by molar-refractivity contribution is -0.154. The summed E-state index contributed by atoms with van der Waals surface area (Å²) in [5.74, 6) is -1.19. The van der Waals surface area contributed by atoms with Gasteiger partial charge in [-0.15, -0.1) is 11.3 Å². The molecule has 0 bridgehead atoms. The van der Waals surface area contributed by atoms with Gasteiger partial charge in [0, 0.05) is 13.0 Å². The van der Waals surface area contributed by atoms with E-state index in [0.29, 0.717) is 6.42 Å². The number of thiazole rings is 1. The Morgan fingerprint density at radius 3 is 2.55 bits per heavy atom. The molecular weight excluding hydrogens is 390 g/mol. The number of fused-ring (bicyclic) bond motifs is 1. The average molecular weight is 411 g/mol. The van der Waals surface area contributed by atoms with E-state index in [1.165, 1.54) is 18.3 Å². The van der Waals surface area contributed by atoms with Crippen LogP contribution in [0.15, 0.2) is 54.6 Å². The minimum absolute atomic E-state index is 0.109. The SMILES string of the molecule is CC(OC(=O)CCc1nc2ccccc2s1)C(=O)NC(=O)NCc1ccccc1. The van der Waals surface area contributed by atoms with Crippen molar-refractivity contribution in [3.05, 3.63) is 65.2 Å². The van der Waals surface area contributed by atoms with Gasteiger partial charge < -0.3 is 10.1 Å². The van der Waals surface area contributed by atoms with E-state index >= 15 is 0 Å². The number of imide groups is 1. The van der Waals surface area contributed by atoms with Crippen LogP contribution in [0, 0.1) is 0 Å². The largest absolute Gasteiger partial charge is 0.453 e. The van der Waals surface area contributed by atoms with E-state index in [4.69, 9.17) is 4.74 Å². The minimum Gasteiger partial charge on any atom is -0.453 e. The number of amides is 3. The van der Waals surface area contributed by atoms with Crippen molar-refractivity contribution in [2.24, 2.45) is 0 Å². The Morgan fingerprint density at radius 2 is 1.79 bits per heavy atom. The first-order valence-corrected chi connectivity index (χ1v) is 9.99. The predicted octanol–water partition coefficient (Wildman–Crippen LogP) is 3.19. The van der Waals surface area contributed by atoms with Crippen LogP contribution in [-0.2, 0) is 27.3 Å². The summed E-state index contributed by atoms with van der Waals surface area (Å²) in [5.41, 5.74) is 1.81. The van der Waals surface area contributed by atoms with Crippen molar-refractivity contribution < 1.29 is 19.1 Å². The van der Waals surface area contributed by atoms with Crippen molar-refractivity contribution in [3.8, 4) is 0 Å². The third kappa shape index (κ3) is 6.11. The summed E-state index contributed by atoms with van der Waals surface area (Å²) in [4.78, 5) is 40.3. The highest BCUT2D eigenvalue weighted by Gasteiger charge is 2.20. The number of carbonyl (C=O) groups excluding carboxylic acids is 3. The number of hydrogen-bond donors (Lipinski definition) is 2. The molecule has 150 valence electrons. The van der Waals surface area contributed by atoms with Gasteiger partial charge in [0.25, 0.3) is 5.91 Å². The molecule has 0 aliphatic rings. The number of nitrogens with zero attached hydrogens (tertiary/aromatic N) is 1. The molecule has 1 unspecified atom stereocenters. The lowest BCUT2D eigenvalue weighted by atomic mass is 10.2. The normalized spacial score (nSPS) is 11.6. The van der Waals surface area contributed by atoms with Gasteiger partial charge in [0.05, 0.1) is 21.6 Å². The van der Waals surface area contributed by atoms with Crippen LogP contribution in [0.3, 0.4) is 0 Å². The highest BCUT2D eigenvalue weighted by Crippen LogP contribution is 2.22. The third-order valence-corrected chi connectivity index (χ3v) is 5.19. The quantitative estimate of drug-likeness (QED) is 0.582. The number of urea groups is 1. The molecular formula is C21H21N3O4S. The molecule has 0 saturated heterocycles. The van der Waals surface area contributed by atoms with Crippen LogP contribution in [0.2, 0.25) is 0 Å². The van der Waals surface area contributed by atoms with E-state index in [0.717, 1.165) is 20.8 Å². The Balaban J connectivity index is 1.40. The van der Waals surface area contributed by atoms with Gasteiger partial charge in [-0.05, 0) is 24.6 Å². The molecule has 3 aromatic rings. The summed E-state index contributed by atoms with van der Waals surface area (Å²) in [6, 6.07) is 16.4. The molecule has 0 radical (unpaired) electrons. The van der Waals surface area contributed by atoms with Crippen LogP contribution in [0.1, 0.15) is 23.9 Å². The fourth-order valence-electron chi connectivity index (χ4n) is 2.58. The third-order valence-electron chi connectivity index (χ3n) is 4.09. The number of benzene rings is 2. The Kier molecular flexibility index (Phi) is 6.91. The molecule has 2 aromatic carbocycles. The Bertz CT molecular complexity index is 970. The van der Waals surface area contributed by atoms with Crippen LogP contribution in [-0.4, -0.2) is 29.0 Å². The molecule has 29 heavy (non-hydrogen) atoms. The second-order valence-electron chi connectivity index (χ2n) is 6.36. The highest BCUT2D eigenvalue weighted by molar-refractivity contribution is 7.18. The summed E-state index contributed by atoms with van der Waals surface area (Å²) >= 11 is 1.53. The number of nitrogens with one attached hydrogen (secondary N) is 2. The zero-order chi connectivity index (χ0) is 20.6. The second kappa shape index (κ2) is 9.79. The molecule has 8 heteroatoms. The number of aryl methyl sites for hydroxylation is 1. The van der Waals surface area contributed by atoms with Gasteiger partial charge in [-0.25, -0.2) is 9.78 Å². The zero-order valence-electron chi connectivity index (χ0n) is 15.9. The summed E-state index contributed by atoms with van der Waals surface area (Å²) in [7, 11) is 0. The van der Waals surface area contributed by atoms with E-state index < -0.39 is 24.0 Å². The van der Waals surface area contributed by atoms with E-state index in [1.54, 1.807) is 0 Å². The van der Waals surface area contributed by atoms with Crippen LogP contribution in [0.4, 0.5) is 4.79 Å². The number of carbonyl (C=O) groups is 3. The number of para-hydroxylation sites is 1. The summed E-state index contributed by atoms with van der Waals surface area (Å²) < 4.78 is 6.18. The van der Waals surface area contributed by atoms with Gasteiger partial charge in [0.1, 0.15) is 0 Å². The van der Waals surface area contributed by atoms with E-state index in [2.05, 4.69) is 15.6 Å². The Labute approximate surface area is 172 Å². The molecule has 0 saturated carbocycles. The number of rotatable bonds is 7. The van der Waals surface area contributed by atoms with E-state index in [1.807, 2.05) is 54.6 Å². The van der Waals surface area contributed by atoms with Crippen LogP contribution >= 0.6 is 11.3 Å². The number of aromatic nitrogens is 1. The predicted molar refractivity (Wildman–Crippen MR) is 110 cm³/mol. The van der Waals surface area contributed by atoms with Gasteiger partial charge in [-0.1, -0.05) is 42.5 Å². The van der Waals surface area contributed by atoms with Crippen molar-refractivity contribution >= 4 is 39.5 Å². The standard InChI is InChI=1S/C21H21N3O4S/c1-14(20(26)24-21(27)22-13-15-7-3-2-4-8-15)28-19(25)12-11-18-23-16-9-5-6-10-17(16)29-18/h2-10,14H,11-13H2,1H3,(H2,22,24,26,27). The molecule has 3 amide bonds. The molecule has 2 N–H and O–H groups in total. The fourth-order valence-corrected chi connectivity index (χ4v) is 3.55. The highest BCUT2D eigenvalue weighted by atomic mass is 32.1. The van der Waals surface area contributed by atoms with Crippen molar-refractivity contribution in [1.82, 2.24) is 15.6 Å². The lowest BCUT2D eigenvalue weighted by Gasteiger charge is -2.13. The molecule has 1 heterocycles. The fraction of sp³-hybridized carbons (Fsp3) is 0.238. The Morgan fingerprint density at radius 1 is 1.07 bits per heavy atom. The summed E-state index contributed by atoms with van der Waals surface area (Å²) in [6.45, 7) is 1.71. The summed E-state index contributed by atoms with van der Waals surface area (Å²) in [5, 5.41) is 5.58. The van der Waals surface area contributed by atoms with Crippen LogP contribution in [0.5, 0.6) is 0 Å². The molecule has 0 aliphatic carbocycles. The van der Waals surface area contributed by atoms with Gasteiger partial charge >= 0.3 is 12.0 Å². The van der Waals surface area contributed by atoms with Crippen LogP contribution < -0.4 is 10.6 Å².